The number of benzene rings is 2. The summed E-state index contributed by atoms with van der Waals surface area (Å²) in [6.45, 7) is 0. The number of phenols is 1. The molecule has 0 aromatic heterocycles. The number of anilines is 2. The second-order valence-electron chi connectivity index (χ2n) is 4.45. The summed E-state index contributed by atoms with van der Waals surface area (Å²) in [5.74, 6) is 0.907. The summed E-state index contributed by atoms with van der Waals surface area (Å²) >= 11 is 10.3. The van der Waals surface area contributed by atoms with E-state index in [-0.39, 0.29) is 5.75 Å². The van der Waals surface area contributed by atoms with E-state index in [1.165, 1.54) is 32.4 Å². The monoisotopic (exact) mass is 354 g/mol. The predicted molar refractivity (Wildman–Crippen MR) is 93.1 cm³/mol. The maximum Gasteiger partial charge on any atom is 0.336 e. The van der Waals surface area contributed by atoms with Crippen LogP contribution < -0.4 is 19.1 Å². The lowest BCUT2D eigenvalue weighted by Crippen LogP contribution is -2.27. The van der Waals surface area contributed by atoms with Crippen molar-refractivity contribution in [1.29, 1.82) is 0 Å². The van der Waals surface area contributed by atoms with Crippen LogP contribution in [-0.4, -0.2) is 25.4 Å². The Morgan fingerprint density at radius 1 is 1.17 bits per heavy atom. The van der Waals surface area contributed by atoms with E-state index in [9.17, 15) is 9.90 Å². The average molecular weight is 355 g/mol. The number of nitrogens with zero attached hydrogens (tertiary/aromatic N) is 1. The van der Waals surface area contributed by atoms with Crippen LogP contribution in [0.1, 0.15) is 0 Å². The van der Waals surface area contributed by atoms with Crippen LogP contribution in [0.25, 0.3) is 0 Å². The van der Waals surface area contributed by atoms with Gasteiger partial charge in [-0.1, -0.05) is 24.4 Å². The predicted octanol–water partition coefficient (Wildman–Crippen LogP) is 3.95. The van der Waals surface area contributed by atoms with Crippen LogP contribution in [0.2, 0.25) is 5.02 Å². The molecule has 0 bridgehead atoms. The van der Waals surface area contributed by atoms with Gasteiger partial charge in [-0.25, -0.2) is 9.10 Å². The van der Waals surface area contributed by atoms with Crippen LogP contribution in [0.4, 0.5) is 16.2 Å². The SMILES string of the molecule is COc1cc(OC)c(N(S)C(=O)Nc2ccc(O)cc2)cc1Cl. The number of halogens is 1. The number of rotatable bonds is 4. The Morgan fingerprint density at radius 2 is 1.78 bits per heavy atom. The van der Waals surface area contributed by atoms with Gasteiger partial charge in [0.2, 0.25) is 0 Å². The topological polar surface area (TPSA) is 71.0 Å². The molecule has 2 aromatic carbocycles. The third-order valence-electron chi connectivity index (χ3n) is 2.99. The molecule has 0 aliphatic rings. The number of urea groups is 1. The normalized spacial score (nSPS) is 10.1. The number of methoxy groups -OCH3 is 2. The van der Waals surface area contributed by atoms with E-state index in [4.69, 9.17) is 21.1 Å². The van der Waals surface area contributed by atoms with Crippen molar-refractivity contribution < 1.29 is 19.4 Å². The lowest BCUT2D eigenvalue weighted by Gasteiger charge is -2.20. The van der Waals surface area contributed by atoms with Gasteiger partial charge in [-0.3, -0.25) is 0 Å². The molecule has 23 heavy (non-hydrogen) atoms. The molecule has 0 aliphatic heterocycles. The third kappa shape index (κ3) is 3.94. The largest absolute Gasteiger partial charge is 0.508 e. The molecule has 0 saturated carbocycles. The molecule has 6 nitrogen and oxygen atoms in total. The van der Waals surface area contributed by atoms with Crippen molar-refractivity contribution >= 4 is 41.8 Å². The minimum atomic E-state index is -0.515. The van der Waals surface area contributed by atoms with E-state index in [2.05, 4.69) is 18.1 Å². The molecular weight excluding hydrogens is 340 g/mol. The fourth-order valence-electron chi connectivity index (χ4n) is 1.84. The van der Waals surface area contributed by atoms with E-state index in [1.807, 2.05) is 0 Å². The molecule has 0 saturated heterocycles. The summed E-state index contributed by atoms with van der Waals surface area (Å²) in [6, 6.07) is 8.61. The van der Waals surface area contributed by atoms with E-state index in [0.717, 1.165) is 4.31 Å². The number of carbonyl (C=O) groups excluding carboxylic acids is 1. The van der Waals surface area contributed by atoms with Gasteiger partial charge in [0, 0.05) is 11.8 Å². The third-order valence-corrected chi connectivity index (χ3v) is 3.68. The number of hydrogen-bond acceptors (Lipinski definition) is 5. The minimum absolute atomic E-state index is 0.106. The van der Waals surface area contributed by atoms with Crippen molar-refractivity contribution in [2.75, 3.05) is 23.8 Å². The molecule has 0 fully saturated rings. The molecule has 8 heteroatoms. The van der Waals surface area contributed by atoms with Gasteiger partial charge in [-0.05, 0) is 30.3 Å². The van der Waals surface area contributed by atoms with Gasteiger partial charge >= 0.3 is 6.03 Å². The zero-order valence-electron chi connectivity index (χ0n) is 12.4. The molecule has 0 atom stereocenters. The molecule has 2 N–H and O–H groups in total. The Morgan fingerprint density at radius 3 is 2.35 bits per heavy atom. The van der Waals surface area contributed by atoms with Crippen molar-refractivity contribution in [2.45, 2.75) is 0 Å². The molecular formula is C15H15ClN2O4S. The molecule has 0 radical (unpaired) electrons. The van der Waals surface area contributed by atoms with Crippen molar-refractivity contribution in [2.24, 2.45) is 0 Å². The van der Waals surface area contributed by atoms with Crippen LogP contribution in [0, 0.1) is 0 Å². The number of hydrogen-bond donors (Lipinski definition) is 3. The van der Waals surface area contributed by atoms with Crippen molar-refractivity contribution in [1.82, 2.24) is 0 Å². The van der Waals surface area contributed by atoms with Crippen LogP contribution in [0.5, 0.6) is 17.2 Å². The summed E-state index contributed by atoms with van der Waals surface area (Å²) in [6.07, 6.45) is 0. The van der Waals surface area contributed by atoms with Gasteiger partial charge in [-0.2, -0.15) is 0 Å². The summed E-state index contributed by atoms with van der Waals surface area (Å²) in [5.41, 5.74) is 0.864. The number of carbonyl (C=O) groups is 1. The number of thiol groups is 1. The fourth-order valence-corrected chi connectivity index (χ4v) is 2.28. The molecule has 2 aromatic rings. The lowest BCUT2D eigenvalue weighted by atomic mass is 10.2. The fraction of sp³-hybridized carbons (Fsp3) is 0.133. The first-order chi connectivity index (χ1) is 11.0. The Kier molecular flexibility index (Phi) is 5.46. The summed E-state index contributed by atoms with van der Waals surface area (Å²) in [5, 5.41) is 12.2. The Hall–Kier alpha value is -2.25. The van der Waals surface area contributed by atoms with Gasteiger partial charge in [0.1, 0.15) is 22.9 Å². The summed E-state index contributed by atoms with van der Waals surface area (Å²) < 4.78 is 11.4. The standard InChI is InChI=1S/C15H15ClN2O4S/c1-21-13-8-14(22-2)12(7-11(13)16)18(23)15(20)17-9-3-5-10(19)6-4-9/h3-8,19,23H,1-2H3,(H,17,20). The molecule has 2 rings (SSSR count). The highest BCUT2D eigenvalue weighted by molar-refractivity contribution is 7.82. The zero-order valence-corrected chi connectivity index (χ0v) is 14.1. The molecule has 122 valence electrons. The van der Waals surface area contributed by atoms with Gasteiger partial charge in [0.15, 0.2) is 0 Å². The highest BCUT2D eigenvalue weighted by Gasteiger charge is 2.19. The Balaban J connectivity index is 2.25. The number of phenolic OH excluding ortho intramolecular Hbond substituents is 1. The smallest absolute Gasteiger partial charge is 0.336 e. The molecule has 2 amide bonds. The molecule has 0 heterocycles. The molecule has 0 aliphatic carbocycles. The highest BCUT2D eigenvalue weighted by atomic mass is 35.5. The molecule has 0 unspecified atom stereocenters. The van der Waals surface area contributed by atoms with E-state index < -0.39 is 6.03 Å². The van der Waals surface area contributed by atoms with Crippen LogP contribution in [0.3, 0.4) is 0 Å². The van der Waals surface area contributed by atoms with Gasteiger partial charge < -0.3 is 19.9 Å². The van der Waals surface area contributed by atoms with Crippen LogP contribution >= 0.6 is 24.4 Å². The quantitative estimate of drug-likeness (QED) is 0.574. The highest BCUT2D eigenvalue weighted by Crippen LogP contribution is 2.38. The van der Waals surface area contributed by atoms with Crippen LogP contribution in [0.15, 0.2) is 36.4 Å². The van der Waals surface area contributed by atoms with Crippen molar-refractivity contribution in [3.8, 4) is 17.2 Å². The first-order valence-electron chi connectivity index (χ1n) is 6.46. The molecule has 0 spiro atoms. The summed E-state index contributed by atoms with van der Waals surface area (Å²) in [4.78, 5) is 12.3. The summed E-state index contributed by atoms with van der Waals surface area (Å²) in [7, 11) is 2.95. The first-order valence-corrected chi connectivity index (χ1v) is 7.24. The van der Waals surface area contributed by atoms with Crippen LogP contribution in [-0.2, 0) is 0 Å². The maximum absolute atomic E-state index is 12.3. The minimum Gasteiger partial charge on any atom is -0.508 e. The Labute approximate surface area is 144 Å². The number of nitrogens with one attached hydrogen (secondary N) is 1. The maximum atomic E-state index is 12.3. The van der Waals surface area contributed by atoms with E-state index in [0.29, 0.717) is 27.9 Å². The van der Waals surface area contributed by atoms with Crippen molar-refractivity contribution in [3.05, 3.63) is 41.4 Å². The van der Waals surface area contributed by atoms with Gasteiger partial charge in [0.05, 0.1) is 19.2 Å². The Bertz CT molecular complexity index is 709. The average Bonchev–Trinajstić information content (AvgIpc) is 2.56. The second kappa shape index (κ2) is 7.34. The van der Waals surface area contributed by atoms with Gasteiger partial charge in [0.25, 0.3) is 0 Å². The number of ether oxygens (including phenoxy) is 2. The lowest BCUT2D eigenvalue weighted by molar-refractivity contribution is 0.260. The number of amides is 2. The van der Waals surface area contributed by atoms with E-state index in [1.54, 1.807) is 18.2 Å². The number of aromatic hydroxyl groups is 1. The first kappa shape index (κ1) is 17.1. The zero-order chi connectivity index (χ0) is 17.0. The second-order valence-corrected chi connectivity index (χ2v) is 5.25. The van der Waals surface area contributed by atoms with Crippen molar-refractivity contribution in [3.63, 3.8) is 0 Å². The van der Waals surface area contributed by atoms with E-state index >= 15 is 0 Å². The van der Waals surface area contributed by atoms with Gasteiger partial charge in [-0.15, -0.1) is 0 Å².